The van der Waals surface area contributed by atoms with Crippen molar-refractivity contribution in [1.29, 1.82) is 5.41 Å². The molecule has 0 unspecified atom stereocenters. The van der Waals surface area contributed by atoms with E-state index in [4.69, 9.17) is 14.6 Å². The van der Waals surface area contributed by atoms with E-state index < -0.39 is 11.9 Å². The lowest BCUT2D eigenvalue weighted by atomic mass is 10.1. The van der Waals surface area contributed by atoms with Crippen LogP contribution in [0.15, 0.2) is 86.8 Å². The molecule has 168 valence electrons. The number of carbonyl (C=O) groups excluding carboxylic acids is 2. The smallest absolute Gasteiger partial charge is 0.337 e. The van der Waals surface area contributed by atoms with Gasteiger partial charge < -0.3 is 9.15 Å². The van der Waals surface area contributed by atoms with Gasteiger partial charge in [-0.05, 0) is 47.7 Å². The van der Waals surface area contributed by atoms with Crippen LogP contribution >= 0.6 is 11.8 Å². The number of rotatable bonds is 5. The normalized spacial score (nSPS) is 16.4. The summed E-state index contributed by atoms with van der Waals surface area (Å²) < 4.78 is 10.6. The maximum absolute atomic E-state index is 12.7. The van der Waals surface area contributed by atoms with Crippen LogP contribution in [0.4, 0.5) is 0 Å². The highest BCUT2D eigenvalue weighted by Crippen LogP contribution is 2.30. The summed E-state index contributed by atoms with van der Waals surface area (Å²) in [6.45, 7) is 0. The molecule has 0 spiro atoms. The van der Waals surface area contributed by atoms with Crippen molar-refractivity contribution in [3.63, 3.8) is 0 Å². The van der Waals surface area contributed by atoms with Gasteiger partial charge in [0.2, 0.25) is 5.17 Å². The van der Waals surface area contributed by atoms with Gasteiger partial charge in [0.25, 0.3) is 5.91 Å². The van der Waals surface area contributed by atoms with Crippen molar-refractivity contribution in [1.82, 2.24) is 5.01 Å². The second-order valence-electron chi connectivity index (χ2n) is 7.45. The van der Waals surface area contributed by atoms with Crippen LogP contribution in [0.25, 0.3) is 17.4 Å². The van der Waals surface area contributed by atoms with Gasteiger partial charge in [-0.2, -0.15) is 15.1 Å². The van der Waals surface area contributed by atoms with Gasteiger partial charge in [0.15, 0.2) is 5.84 Å². The molecule has 2 aromatic carbocycles. The van der Waals surface area contributed by atoms with Gasteiger partial charge in [0.1, 0.15) is 16.6 Å². The van der Waals surface area contributed by atoms with Crippen LogP contribution in [0.5, 0.6) is 0 Å². The Morgan fingerprint density at radius 3 is 2.62 bits per heavy atom. The van der Waals surface area contributed by atoms with Crippen LogP contribution in [0.3, 0.4) is 0 Å². The number of furan rings is 1. The number of hydrogen-bond donors (Lipinski definition) is 1. The molecule has 0 atom stereocenters. The number of amides is 1. The van der Waals surface area contributed by atoms with Gasteiger partial charge in [-0.1, -0.05) is 42.5 Å². The Kier molecular flexibility index (Phi) is 5.69. The van der Waals surface area contributed by atoms with E-state index in [0.29, 0.717) is 28.7 Å². The maximum Gasteiger partial charge on any atom is 0.337 e. The van der Waals surface area contributed by atoms with E-state index >= 15 is 0 Å². The maximum atomic E-state index is 12.7. The Balaban J connectivity index is 1.36. The molecule has 8 nitrogen and oxygen atoms in total. The molecule has 9 heteroatoms. The standard InChI is InChI=1S/C25H18N4O4S/c1-32-24(31)17-9-7-16(8-10-17)20-12-11-18(33-20)14-19-22(26)29-25(27-23(19)30)34-21(28-29)13-15-5-3-2-4-6-15/h2-12,14,26H,13H2,1H3/b19-14+,26-22?. The zero-order valence-corrected chi connectivity index (χ0v) is 18.8. The van der Waals surface area contributed by atoms with E-state index in [0.717, 1.165) is 16.2 Å². The number of esters is 1. The quantitative estimate of drug-likeness (QED) is 0.431. The number of ether oxygens (including phenoxy) is 1. The van der Waals surface area contributed by atoms with Crippen molar-refractivity contribution in [3.05, 3.63) is 89.2 Å². The molecule has 1 N–H and O–H groups in total. The summed E-state index contributed by atoms with van der Waals surface area (Å²) in [5, 5.41) is 15.5. The van der Waals surface area contributed by atoms with E-state index in [1.165, 1.54) is 30.0 Å². The third kappa shape index (κ3) is 4.20. The fourth-order valence-corrected chi connectivity index (χ4v) is 4.41. The molecule has 1 aromatic heterocycles. The minimum Gasteiger partial charge on any atom is -0.465 e. The first-order valence-electron chi connectivity index (χ1n) is 10.3. The topological polar surface area (TPSA) is 108 Å². The lowest BCUT2D eigenvalue weighted by Gasteiger charge is -2.19. The number of methoxy groups -OCH3 is 1. The predicted molar refractivity (Wildman–Crippen MR) is 131 cm³/mol. The second kappa shape index (κ2) is 8.95. The highest BCUT2D eigenvalue weighted by atomic mass is 32.2. The second-order valence-corrected chi connectivity index (χ2v) is 8.49. The van der Waals surface area contributed by atoms with Crippen molar-refractivity contribution in [2.75, 3.05) is 7.11 Å². The summed E-state index contributed by atoms with van der Waals surface area (Å²) in [6.07, 6.45) is 2.09. The fraction of sp³-hybridized carbons (Fsp3) is 0.0800. The third-order valence-electron chi connectivity index (χ3n) is 5.20. The first-order valence-corrected chi connectivity index (χ1v) is 11.1. The number of nitrogens with zero attached hydrogens (tertiary/aromatic N) is 3. The minimum absolute atomic E-state index is 0.0501. The van der Waals surface area contributed by atoms with Crippen LogP contribution in [0, 0.1) is 5.41 Å². The average molecular weight is 471 g/mol. The zero-order chi connectivity index (χ0) is 23.7. The molecule has 0 saturated heterocycles. The van der Waals surface area contributed by atoms with E-state index in [9.17, 15) is 9.59 Å². The first-order chi connectivity index (χ1) is 16.5. The number of hydrogen-bond acceptors (Lipinski definition) is 7. The van der Waals surface area contributed by atoms with Crippen LogP contribution in [-0.4, -0.2) is 40.0 Å². The Morgan fingerprint density at radius 1 is 1.12 bits per heavy atom. The number of fused-ring (bicyclic) bond motifs is 1. The molecule has 5 rings (SSSR count). The minimum atomic E-state index is -0.514. The molecule has 2 aliphatic heterocycles. The molecule has 0 saturated carbocycles. The molecular formula is C25H18N4O4S. The molecule has 0 bridgehead atoms. The molecule has 0 radical (unpaired) electrons. The Bertz CT molecular complexity index is 1390. The van der Waals surface area contributed by atoms with Gasteiger partial charge >= 0.3 is 5.97 Å². The van der Waals surface area contributed by atoms with E-state index in [1.54, 1.807) is 36.4 Å². The fourth-order valence-electron chi connectivity index (χ4n) is 3.49. The number of carbonyl (C=O) groups is 2. The van der Waals surface area contributed by atoms with E-state index in [1.807, 2.05) is 30.3 Å². The number of aliphatic imine (C=N–C) groups is 1. The van der Waals surface area contributed by atoms with Crippen LogP contribution in [0.2, 0.25) is 0 Å². The SMILES string of the molecule is COC(=O)c1ccc(-c2ccc(/C=C3\C(=N)N4N=C(Cc5ccccc5)SC4=NC3=O)o2)cc1. The number of benzene rings is 2. The lowest BCUT2D eigenvalue weighted by molar-refractivity contribution is -0.114. The zero-order valence-electron chi connectivity index (χ0n) is 18.0. The van der Waals surface area contributed by atoms with Gasteiger partial charge in [-0.3, -0.25) is 10.2 Å². The molecule has 0 aliphatic carbocycles. The average Bonchev–Trinajstić information content (AvgIpc) is 3.49. The van der Waals surface area contributed by atoms with E-state index in [-0.39, 0.29) is 11.4 Å². The van der Waals surface area contributed by atoms with Crippen molar-refractivity contribution in [2.45, 2.75) is 6.42 Å². The van der Waals surface area contributed by atoms with E-state index in [2.05, 4.69) is 10.1 Å². The number of hydrazone groups is 1. The molecule has 0 fully saturated rings. The Hall–Kier alpha value is -4.24. The molecule has 34 heavy (non-hydrogen) atoms. The predicted octanol–water partition coefficient (Wildman–Crippen LogP) is 4.60. The summed E-state index contributed by atoms with van der Waals surface area (Å²) in [6, 6.07) is 20.1. The van der Waals surface area contributed by atoms with Gasteiger partial charge in [0, 0.05) is 12.0 Å². The summed E-state index contributed by atoms with van der Waals surface area (Å²) >= 11 is 1.29. The summed E-state index contributed by atoms with van der Waals surface area (Å²) in [5.41, 5.74) is 2.38. The molecule has 3 aromatic rings. The van der Waals surface area contributed by atoms with Crippen molar-refractivity contribution < 1.29 is 18.7 Å². The molecule has 3 heterocycles. The monoisotopic (exact) mass is 470 g/mol. The first kappa shape index (κ1) is 21.6. The van der Waals surface area contributed by atoms with Crippen LogP contribution in [-0.2, 0) is 16.0 Å². The van der Waals surface area contributed by atoms with Crippen molar-refractivity contribution in [3.8, 4) is 11.3 Å². The van der Waals surface area contributed by atoms with Gasteiger partial charge in [-0.15, -0.1) is 0 Å². The summed E-state index contributed by atoms with van der Waals surface area (Å²) in [4.78, 5) is 28.4. The van der Waals surface area contributed by atoms with Crippen molar-refractivity contribution >= 4 is 45.8 Å². The summed E-state index contributed by atoms with van der Waals surface area (Å²) in [7, 11) is 1.33. The van der Waals surface area contributed by atoms with Gasteiger partial charge in [-0.25, -0.2) is 4.79 Å². The van der Waals surface area contributed by atoms with Crippen molar-refractivity contribution in [2.24, 2.45) is 10.1 Å². The Labute approximate surface area is 199 Å². The number of amidine groups is 2. The highest BCUT2D eigenvalue weighted by Gasteiger charge is 2.35. The van der Waals surface area contributed by atoms with Crippen LogP contribution < -0.4 is 0 Å². The Morgan fingerprint density at radius 2 is 1.88 bits per heavy atom. The lowest BCUT2D eigenvalue weighted by Crippen LogP contribution is -2.35. The van der Waals surface area contributed by atoms with Gasteiger partial charge in [0.05, 0.1) is 18.2 Å². The number of thioether (sulfide) groups is 1. The van der Waals surface area contributed by atoms with Crippen LogP contribution in [0.1, 0.15) is 21.7 Å². The summed E-state index contributed by atoms with van der Waals surface area (Å²) in [5.74, 6) is -0.0205. The molecule has 2 aliphatic rings. The largest absolute Gasteiger partial charge is 0.465 e. The molecule has 1 amide bonds. The number of nitrogens with one attached hydrogen (secondary N) is 1. The highest BCUT2D eigenvalue weighted by molar-refractivity contribution is 8.26. The molecular weight excluding hydrogens is 452 g/mol. The third-order valence-corrected chi connectivity index (χ3v) is 6.11.